The molecule has 0 aromatic heterocycles. The highest BCUT2D eigenvalue weighted by Gasteiger charge is 2.58. The molecule has 2 saturated carbocycles. The Morgan fingerprint density at radius 1 is 1.19 bits per heavy atom. The van der Waals surface area contributed by atoms with Crippen LogP contribution >= 0.6 is 0 Å². The van der Waals surface area contributed by atoms with E-state index >= 15 is 0 Å². The molecule has 4 rings (SSSR count). The number of aliphatic hydroxyl groups is 1. The first-order chi connectivity index (χ1) is 12.8. The molecule has 0 aromatic rings. The fourth-order valence-corrected chi connectivity index (χ4v) is 7.41. The summed E-state index contributed by atoms with van der Waals surface area (Å²) in [4.78, 5) is 10.9. The molecule has 148 valence electrons. The van der Waals surface area contributed by atoms with Crippen LogP contribution in [0.25, 0.3) is 0 Å². The van der Waals surface area contributed by atoms with Gasteiger partial charge >= 0.3 is 5.97 Å². The second kappa shape index (κ2) is 6.62. The molecule has 0 saturated heterocycles. The maximum atomic E-state index is 10.9. The minimum absolute atomic E-state index is 0.215. The summed E-state index contributed by atoms with van der Waals surface area (Å²) in [7, 11) is 0. The van der Waals surface area contributed by atoms with Gasteiger partial charge in [0.1, 0.15) is 0 Å². The molecule has 0 aromatic carbocycles. The SMILES string of the molecule is C[C@H](/C=C/C(=O)O)C1CCC2C3C=CC4=CC(O)CC[C@]4(C)C3CC[C@@]21C. The van der Waals surface area contributed by atoms with Crippen LogP contribution < -0.4 is 0 Å². The number of hydrogen-bond donors (Lipinski definition) is 2. The van der Waals surface area contributed by atoms with Gasteiger partial charge in [0.05, 0.1) is 6.10 Å². The Morgan fingerprint density at radius 2 is 1.96 bits per heavy atom. The maximum Gasteiger partial charge on any atom is 0.327 e. The maximum absolute atomic E-state index is 10.9. The predicted octanol–water partition coefficient (Wildman–Crippen LogP) is 4.98. The molecule has 27 heavy (non-hydrogen) atoms. The highest BCUT2D eigenvalue weighted by molar-refractivity contribution is 5.79. The van der Waals surface area contributed by atoms with Gasteiger partial charge in [-0.3, -0.25) is 0 Å². The largest absolute Gasteiger partial charge is 0.478 e. The standard InChI is InChI=1S/C24H34O3/c1-15(4-9-22(26)27)19-7-8-20-18-6-5-16-14-17(25)10-12-23(16,2)21(18)11-13-24(19,20)3/h4-6,9,14-15,17-21,25H,7-8,10-13H2,1-3H3,(H,26,27)/b9-4+/t15-,17?,18?,19?,20?,21?,23+,24-/m1/s1. The molecule has 8 atom stereocenters. The Balaban J connectivity index is 1.61. The first-order valence-corrected chi connectivity index (χ1v) is 10.8. The van der Waals surface area contributed by atoms with Crippen molar-refractivity contribution in [1.29, 1.82) is 0 Å². The third kappa shape index (κ3) is 2.93. The van der Waals surface area contributed by atoms with Crippen LogP contribution in [0.3, 0.4) is 0 Å². The molecule has 4 aliphatic carbocycles. The van der Waals surface area contributed by atoms with E-state index in [1.807, 2.05) is 6.08 Å². The lowest BCUT2D eigenvalue weighted by molar-refractivity contribution is -0.131. The summed E-state index contributed by atoms with van der Waals surface area (Å²) in [5.74, 6) is 2.06. The van der Waals surface area contributed by atoms with E-state index in [4.69, 9.17) is 5.11 Å². The topological polar surface area (TPSA) is 57.5 Å². The van der Waals surface area contributed by atoms with Crippen LogP contribution in [0.15, 0.2) is 36.0 Å². The van der Waals surface area contributed by atoms with Crippen LogP contribution in [0, 0.1) is 40.4 Å². The van der Waals surface area contributed by atoms with Gasteiger partial charge in [-0.05, 0) is 84.5 Å². The van der Waals surface area contributed by atoms with Crippen molar-refractivity contribution in [2.24, 2.45) is 40.4 Å². The van der Waals surface area contributed by atoms with Gasteiger partial charge in [-0.2, -0.15) is 0 Å². The molecular weight excluding hydrogens is 336 g/mol. The average molecular weight is 371 g/mol. The summed E-state index contributed by atoms with van der Waals surface area (Å²) >= 11 is 0. The van der Waals surface area contributed by atoms with Gasteiger partial charge < -0.3 is 10.2 Å². The number of carbonyl (C=O) groups is 1. The van der Waals surface area contributed by atoms with E-state index in [9.17, 15) is 9.90 Å². The molecule has 0 aliphatic heterocycles. The first kappa shape index (κ1) is 19.0. The number of carboxylic acid groups (broad SMARTS) is 1. The highest BCUT2D eigenvalue weighted by Crippen LogP contribution is 2.66. The normalized spacial score (nSPS) is 47.1. The number of carboxylic acids is 1. The minimum Gasteiger partial charge on any atom is -0.478 e. The summed E-state index contributed by atoms with van der Waals surface area (Å²) < 4.78 is 0. The van der Waals surface area contributed by atoms with E-state index in [0.717, 1.165) is 12.8 Å². The second-order valence-corrected chi connectivity index (χ2v) is 10.1. The Labute approximate surface area is 163 Å². The molecule has 0 amide bonds. The van der Waals surface area contributed by atoms with E-state index in [1.165, 1.54) is 37.3 Å². The van der Waals surface area contributed by atoms with E-state index < -0.39 is 5.97 Å². The van der Waals surface area contributed by atoms with Crippen molar-refractivity contribution in [2.75, 3.05) is 0 Å². The number of aliphatic hydroxyl groups excluding tert-OH is 1. The molecule has 0 heterocycles. The van der Waals surface area contributed by atoms with Gasteiger partial charge in [0.15, 0.2) is 0 Å². The van der Waals surface area contributed by atoms with Crippen LogP contribution in [-0.2, 0) is 4.79 Å². The Morgan fingerprint density at radius 3 is 2.70 bits per heavy atom. The van der Waals surface area contributed by atoms with Crippen molar-refractivity contribution in [2.45, 2.75) is 65.4 Å². The fraction of sp³-hybridized carbons (Fsp3) is 0.708. The van der Waals surface area contributed by atoms with Crippen LogP contribution in [-0.4, -0.2) is 22.3 Å². The molecule has 3 nitrogen and oxygen atoms in total. The van der Waals surface area contributed by atoms with Gasteiger partial charge in [0.25, 0.3) is 0 Å². The van der Waals surface area contributed by atoms with Gasteiger partial charge in [0, 0.05) is 6.08 Å². The van der Waals surface area contributed by atoms with Crippen LogP contribution in [0.5, 0.6) is 0 Å². The molecule has 0 radical (unpaired) electrons. The van der Waals surface area contributed by atoms with Crippen LogP contribution in [0.2, 0.25) is 0 Å². The summed E-state index contributed by atoms with van der Waals surface area (Å²) in [6, 6.07) is 0. The molecule has 0 bridgehead atoms. The molecule has 2 fully saturated rings. The zero-order chi connectivity index (χ0) is 19.4. The number of aliphatic carboxylic acids is 1. The molecule has 3 heteroatoms. The van der Waals surface area contributed by atoms with Crippen molar-refractivity contribution in [1.82, 2.24) is 0 Å². The fourth-order valence-electron chi connectivity index (χ4n) is 7.41. The zero-order valence-electron chi connectivity index (χ0n) is 16.9. The van der Waals surface area contributed by atoms with Crippen LogP contribution in [0.1, 0.15) is 59.3 Å². The summed E-state index contributed by atoms with van der Waals surface area (Å²) in [6.45, 7) is 7.10. The zero-order valence-corrected chi connectivity index (χ0v) is 16.9. The third-order valence-electron chi connectivity index (χ3n) is 8.89. The molecule has 4 aliphatic rings. The molecule has 5 unspecified atom stereocenters. The van der Waals surface area contributed by atoms with Crippen molar-refractivity contribution in [3.05, 3.63) is 36.0 Å². The van der Waals surface area contributed by atoms with Crippen molar-refractivity contribution in [3.8, 4) is 0 Å². The Bertz CT molecular complexity index is 704. The number of allylic oxidation sites excluding steroid dienone is 4. The van der Waals surface area contributed by atoms with Gasteiger partial charge in [0.2, 0.25) is 0 Å². The lowest BCUT2D eigenvalue weighted by atomic mass is 9.48. The van der Waals surface area contributed by atoms with Crippen molar-refractivity contribution < 1.29 is 15.0 Å². The predicted molar refractivity (Wildman–Crippen MR) is 107 cm³/mol. The quantitative estimate of drug-likeness (QED) is 0.689. The summed E-state index contributed by atoms with van der Waals surface area (Å²) in [5.41, 5.74) is 1.88. The molecular formula is C24H34O3. The number of fused-ring (bicyclic) bond motifs is 5. The lowest BCUT2D eigenvalue weighted by Gasteiger charge is -2.56. The van der Waals surface area contributed by atoms with E-state index in [1.54, 1.807) is 0 Å². The first-order valence-electron chi connectivity index (χ1n) is 10.8. The summed E-state index contributed by atoms with van der Waals surface area (Å²) in [6.07, 6.45) is 16.8. The number of hydrogen-bond acceptors (Lipinski definition) is 2. The monoisotopic (exact) mass is 370 g/mol. The Kier molecular flexibility index (Phi) is 4.65. The van der Waals surface area contributed by atoms with Crippen LogP contribution in [0.4, 0.5) is 0 Å². The summed E-state index contributed by atoms with van der Waals surface area (Å²) in [5, 5.41) is 19.1. The van der Waals surface area contributed by atoms with Crippen molar-refractivity contribution in [3.63, 3.8) is 0 Å². The minimum atomic E-state index is -0.841. The third-order valence-corrected chi connectivity index (χ3v) is 8.89. The molecule has 0 spiro atoms. The lowest BCUT2D eigenvalue weighted by Crippen LogP contribution is -2.49. The number of rotatable bonds is 3. The van der Waals surface area contributed by atoms with E-state index in [2.05, 4.69) is 39.0 Å². The van der Waals surface area contributed by atoms with Gasteiger partial charge in [-0.25, -0.2) is 4.79 Å². The molecule has 2 N–H and O–H groups in total. The average Bonchev–Trinajstić information content (AvgIpc) is 2.97. The Hall–Kier alpha value is -1.35. The van der Waals surface area contributed by atoms with Gasteiger partial charge in [-0.1, -0.05) is 45.1 Å². The van der Waals surface area contributed by atoms with Gasteiger partial charge in [-0.15, -0.1) is 0 Å². The van der Waals surface area contributed by atoms with Crippen molar-refractivity contribution >= 4 is 5.97 Å². The van der Waals surface area contributed by atoms with E-state index in [-0.39, 0.29) is 11.5 Å². The smallest absolute Gasteiger partial charge is 0.327 e. The van der Waals surface area contributed by atoms with E-state index in [0.29, 0.717) is 35.0 Å². The highest BCUT2D eigenvalue weighted by atomic mass is 16.4. The second-order valence-electron chi connectivity index (χ2n) is 10.1.